The van der Waals surface area contributed by atoms with Crippen LogP contribution in [0.1, 0.15) is 206 Å². The molecule has 2 fully saturated rings. The standard InChI is InChI=1S/C16H20ClFO.C14H18ClNO.2C14H20ClNO.2C13H18BrNO/c1-11(2)15(19)16(8-4-3-5-9-16)12-6-7-13(17)14(18)10-12;1-10(2)13(17)14(7-8-16-9-14)11-3-5-12(15)6-4-11;2*1-10(2)13(17)14(3,8-9-16)11-4-6-12(15)7-5-11;2*1-9(2)13(16)12(7-8-15)10-3-5-11(14)6-4-10/h6-7,10-11H,3-5,8-9H2,1-2H3;3-6,10,16H,7-9H2,1-2H3;2*4-7,10H,8-9,16H2,1-3H3;2*3-6,9,12H,7-8,15H2,1-2H3. The molecule has 6 aromatic rings. The Morgan fingerprint density at radius 3 is 1.11 bits per heavy atom. The quantitative estimate of drug-likeness (QED) is 0.0344. The summed E-state index contributed by atoms with van der Waals surface area (Å²) in [7, 11) is 0. The normalized spacial score (nSPS) is 16.4. The van der Waals surface area contributed by atoms with E-state index in [-0.39, 0.29) is 86.7 Å². The average molecular weight is 1610 g/mol. The third-order valence-corrected chi connectivity index (χ3v) is 21.5. The van der Waals surface area contributed by atoms with Gasteiger partial charge in [-0.1, -0.05) is 247 Å². The van der Waals surface area contributed by atoms with Crippen molar-refractivity contribution in [1.82, 2.24) is 5.32 Å². The molecule has 11 nitrogen and oxygen atoms in total. The van der Waals surface area contributed by atoms with Crippen LogP contribution < -0.4 is 28.3 Å². The minimum absolute atomic E-state index is 0.00206. The van der Waals surface area contributed by atoms with Crippen LogP contribution in [0, 0.1) is 41.3 Å². The molecule has 1 aliphatic heterocycles. The Morgan fingerprint density at radius 2 is 0.804 bits per heavy atom. The molecule has 0 aromatic heterocycles. The third-order valence-electron chi connectivity index (χ3n) is 19.4. The first kappa shape index (κ1) is 91.4. The van der Waals surface area contributed by atoms with Crippen molar-refractivity contribution in [3.63, 3.8) is 0 Å². The van der Waals surface area contributed by atoms with E-state index in [0.717, 1.165) is 107 Å². The number of benzene rings is 6. The molecule has 1 saturated carbocycles. The fourth-order valence-electron chi connectivity index (χ4n) is 13.6. The number of carbonyl (C=O) groups is 6. The maximum absolute atomic E-state index is 13.7. The highest BCUT2D eigenvalue weighted by molar-refractivity contribution is 9.10. The second-order valence-electron chi connectivity index (χ2n) is 29.1. The molecule has 0 amide bonds. The Morgan fingerprint density at radius 1 is 0.451 bits per heavy atom. The molecular formula is C84H114Br2Cl4FN5O6. The van der Waals surface area contributed by atoms with Gasteiger partial charge in [0.1, 0.15) is 40.5 Å². The van der Waals surface area contributed by atoms with Gasteiger partial charge in [-0.25, -0.2) is 4.39 Å². The first-order valence-corrected chi connectivity index (χ1v) is 39.1. The smallest absolute Gasteiger partial charge is 0.147 e. The molecule has 0 radical (unpaired) electrons. The predicted octanol–water partition coefficient (Wildman–Crippen LogP) is 20.3. The number of Topliss-reactive ketones (excluding diaryl/α,β-unsaturated/α-hetero) is 6. The molecule has 1 aliphatic carbocycles. The Balaban J connectivity index is 0.000000318. The fourth-order valence-corrected chi connectivity index (χ4v) is 14.6. The highest BCUT2D eigenvalue weighted by atomic mass is 79.9. The summed E-state index contributed by atoms with van der Waals surface area (Å²) >= 11 is 30.2. The summed E-state index contributed by atoms with van der Waals surface area (Å²) in [6, 6.07) is 43.3. The first-order valence-electron chi connectivity index (χ1n) is 36.0. The Labute approximate surface area is 646 Å². The molecule has 0 spiro atoms. The minimum Gasteiger partial charge on any atom is -0.330 e. The maximum atomic E-state index is 13.7. The van der Waals surface area contributed by atoms with Gasteiger partial charge in [0, 0.05) is 77.9 Å². The Kier molecular flexibility index (Phi) is 39.7. The molecule has 8 rings (SSSR count). The maximum Gasteiger partial charge on any atom is 0.147 e. The van der Waals surface area contributed by atoms with Crippen LogP contribution in [0.25, 0.3) is 0 Å². The SMILES string of the molecule is CC(C)C(=O)C(C)(CCN)c1ccc(Cl)cc1.CC(C)C(=O)C(C)(CCN)c1ccc(Cl)cc1.CC(C)C(=O)C(CCN)c1ccc(Br)cc1.CC(C)C(=O)C(CCN)c1ccc(Br)cc1.CC(C)C(=O)C1(c2ccc(Cl)c(F)c2)CCCCC1.CC(C)C(=O)C1(c2ccc(Cl)cc2)CCNC1. The summed E-state index contributed by atoms with van der Waals surface area (Å²) in [4.78, 5) is 73.9. The largest absolute Gasteiger partial charge is 0.330 e. The van der Waals surface area contributed by atoms with Crippen LogP contribution in [-0.2, 0) is 50.4 Å². The number of halogens is 7. The van der Waals surface area contributed by atoms with E-state index in [2.05, 4.69) is 37.2 Å². The van der Waals surface area contributed by atoms with E-state index in [1.165, 1.54) is 6.07 Å². The van der Waals surface area contributed by atoms with Gasteiger partial charge in [-0.2, -0.15) is 0 Å². The minimum atomic E-state index is -0.506. The van der Waals surface area contributed by atoms with Crippen molar-refractivity contribution in [3.05, 3.63) is 208 Å². The molecule has 560 valence electrons. The molecule has 5 unspecified atom stereocenters. The van der Waals surface area contributed by atoms with E-state index in [4.69, 9.17) is 69.3 Å². The molecule has 18 heteroatoms. The summed E-state index contributed by atoms with van der Waals surface area (Å²) in [5.41, 5.74) is 26.6. The molecular weight excluding hydrogens is 1500 g/mol. The highest BCUT2D eigenvalue weighted by Crippen LogP contribution is 2.43. The number of ketones is 6. The number of nitrogens with one attached hydrogen (secondary N) is 1. The van der Waals surface area contributed by atoms with Gasteiger partial charge in [0.2, 0.25) is 0 Å². The molecule has 9 N–H and O–H groups in total. The zero-order valence-electron chi connectivity index (χ0n) is 62.6. The van der Waals surface area contributed by atoms with Crippen molar-refractivity contribution in [2.24, 2.45) is 58.4 Å². The van der Waals surface area contributed by atoms with Crippen molar-refractivity contribution in [3.8, 4) is 0 Å². The van der Waals surface area contributed by atoms with Gasteiger partial charge in [0.15, 0.2) is 0 Å². The van der Waals surface area contributed by atoms with Crippen LogP contribution in [0.3, 0.4) is 0 Å². The van der Waals surface area contributed by atoms with Gasteiger partial charge in [0.05, 0.1) is 26.7 Å². The molecule has 1 heterocycles. The van der Waals surface area contributed by atoms with Crippen molar-refractivity contribution >= 4 is 113 Å². The molecule has 2 aliphatic rings. The number of hydrogen-bond acceptors (Lipinski definition) is 11. The number of rotatable bonds is 26. The molecule has 102 heavy (non-hydrogen) atoms. The zero-order valence-corrected chi connectivity index (χ0v) is 68.8. The van der Waals surface area contributed by atoms with Crippen LogP contribution in [-0.4, -0.2) is 74.0 Å². The lowest BCUT2D eigenvalue weighted by molar-refractivity contribution is -0.129. The van der Waals surface area contributed by atoms with E-state index >= 15 is 0 Å². The highest BCUT2D eigenvalue weighted by Gasteiger charge is 2.44. The molecule has 1 saturated heterocycles. The monoisotopic (exact) mass is 1610 g/mol. The van der Waals surface area contributed by atoms with Crippen LogP contribution in [0.5, 0.6) is 0 Å². The summed E-state index contributed by atoms with van der Waals surface area (Å²) in [5, 5.41) is 5.50. The van der Waals surface area contributed by atoms with Crippen LogP contribution >= 0.6 is 78.3 Å². The van der Waals surface area contributed by atoms with Crippen molar-refractivity contribution in [2.45, 2.75) is 195 Å². The third kappa shape index (κ3) is 26.3. The second kappa shape index (κ2) is 44.3. The lowest BCUT2D eigenvalue weighted by Gasteiger charge is -2.37. The van der Waals surface area contributed by atoms with Crippen molar-refractivity contribution in [2.75, 3.05) is 39.3 Å². The molecule has 6 aromatic carbocycles. The average Bonchev–Trinajstić information content (AvgIpc) is 1.43. The lowest BCUT2D eigenvalue weighted by Crippen LogP contribution is -2.40. The van der Waals surface area contributed by atoms with E-state index in [0.29, 0.717) is 59.9 Å². The summed E-state index contributed by atoms with van der Waals surface area (Å²) < 4.78 is 15.8. The number of carbonyl (C=O) groups excluding carboxylic acids is 6. The van der Waals surface area contributed by atoms with Gasteiger partial charge in [-0.3, -0.25) is 28.8 Å². The Bertz CT molecular complexity index is 3410. The van der Waals surface area contributed by atoms with E-state index in [1.807, 2.05) is 224 Å². The molecule has 5 atom stereocenters. The van der Waals surface area contributed by atoms with Gasteiger partial charge < -0.3 is 28.3 Å². The van der Waals surface area contributed by atoms with Crippen molar-refractivity contribution in [1.29, 1.82) is 0 Å². The van der Waals surface area contributed by atoms with Gasteiger partial charge in [-0.15, -0.1) is 0 Å². The van der Waals surface area contributed by atoms with Gasteiger partial charge in [-0.05, 0) is 198 Å². The number of hydrogen-bond donors (Lipinski definition) is 5. The van der Waals surface area contributed by atoms with E-state index < -0.39 is 22.1 Å². The fraction of sp³-hybridized carbons (Fsp3) is 0.500. The lowest BCUT2D eigenvalue weighted by atomic mass is 9.64. The Hall–Kier alpha value is -4.81. The van der Waals surface area contributed by atoms with E-state index in [1.54, 1.807) is 6.07 Å². The van der Waals surface area contributed by atoms with E-state index in [9.17, 15) is 33.2 Å². The topological polar surface area (TPSA) is 219 Å². The summed E-state index contributed by atoms with van der Waals surface area (Å²) in [6.45, 7) is 30.9. The molecule has 0 bridgehead atoms. The zero-order chi connectivity index (χ0) is 76.9. The van der Waals surface area contributed by atoms with Crippen molar-refractivity contribution < 1.29 is 33.2 Å². The number of nitrogens with two attached hydrogens (primary N) is 4. The first-order chi connectivity index (χ1) is 48.0. The summed E-state index contributed by atoms with van der Waals surface area (Å²) in [6.07, 6.45) is 8.50. The second-order valence-corrected chi connectivity index (χ2v) is 32.6. The van der Waals surface area contributed by atoms with Crippen LogP contribution in [0.4, 0.5) is 4.39 Å². The van der Waals surface area contributed by atoms with Crippen LogP contribution in [0.2, 0.25) is 20.1 Å². The van der Waals surface area contributed by atoms with Crippen LogP contribution in [0.15, 0.2) is 148 Å². The van der Waals surface area contributed by atoms with Gasteiger partial charge >= 0.3 is 0 Å². The van der Waals surface area contributed by atoms with Gasteiger partial charge in [0.25, 0.3) is 0 Å². The predicted molar refractivity (Wildman–Crippen MR) is 432 cm³/mol. The summed E-state index contributed by atoms with van der Waals surface area (Å²) in [5.74, 6) is 1.15.